The van der Waals surface area contributed by atoms with Crippen LogP contribution < -0.4 is 0 Å². The smallest absolute Gasteiger partial charge is 0.170 e. The summed E-state index contributed by atoms with van der Waals surface area (Å²) in [6.07, 6.45) is 3.58. The molecule has 2 aromatic rings. The Bertz CT molecular complexity index is 679. The van der Waals surface area contributed by atoms with Crippen LogP contribution in [0.25, 0.3) is 0 Å². The predicted molar refractivity (Wildman–Crippen MR) is 77.9 cm³/mol. The standard InChI is InChI=1S/C17H14ClFO/c18-15-6-2-5-14(17(15)19)16(20)10-11-7-8-12-3-1-4-13(12)9-11/h2,5-9H,1,3-4,10H2. The lowest BCUT2D eigenvalue weighted by Gasteiger charge is -2.06. The van der Waals surface area contributed by atoms with E-state index in [0.29, 0.717) is 0 Å². The van der Waals surface area contributed by atoms with Crippen molar-refractivity contribution in [1.82, 2.24) is 0 Å². The number of carbonyl (C=O) groups excluding carboxylic acids is 1. The van der Waals surface area contributed by atoms with Crippen molar-refractivity contribution in [2.75, 3.05) is 0 Å². The molecule has 0 saturated carbocycles. The van der Waals surface area contributed by atoms with Crippen LogP contribution in [0.1, 0.15) is 33.5 Å². The molecule has 1 aliphatic carbocycles. The number of Topliss-reactive ketones (excluding diaryl/α,β-unsaturated/α-hetero) is 1. The average Bonchev–Trinajstić information content (AvgIpc) is 2.89. The molecule has 0 N–H and O–H groups in total. The van der Waals surface area contributed by atoms with Gasteiger partial charge in [0, 0.05) is 6.42 Å². The summed E-state index contributed by atoms with van der Waals surface area (Å²) in [4.78, 5) is 12.2. The Kier molecular flexibility index (Phi) is 3.58. The van der Waals surface area contributed by atoms with Gasteiger partial charge in [0.2, 0.25) is 0 Å². The van der Waals surface area contributed by atoms with Gasteiger partial charge in [-0.05, 0) is 48.1 Å². The first-order chi connectivity index (χ1) is 9.65. The first kappa shape index (κ1) is 13.3. The van der Waals surface area contributed by atoms with Gasteiger partial charge in [0.15, 0.2) is 11.6 Å². The zero-order valence-corrected chi connectivity index (χ0v) is 11.7. The number of rotatable bonds is 3. The molecule has 2 aromatic carbocycles. The number of ketones is 1. The van der Waals surface area contributed by atoms with E-state index in [-0.39, 0.29) is 22.8 Å². The molecule has 1 nitrogen and oxygen atoms in total. The Morgan fingerprint density at radius 3 is 2.80 bits per heavy atom. The number of halogens is 2. The molecule has 0 bridgehead atoms. The zero-order valence-electron chi connectivity index (χ0n) is 11.0. The number of aryl methyl sites for hydroxylation is 2. The Hall–Kier alpha value is -1.67. The van der Waals surface area contributed by atoms with Crippen LogP contribution in [0.15, 0.2) is 36.4 Å². The third-order valence-corrected chi connectivity index (χ3v) is 4.07. The molecular weight excluding hydrogens is 275 g/mol. The Morgan fingerprint density at radius 2 is 1.95 bits per heavy atom. The van der Waals surface area contributed by atoms with Gasteiger partial charge in [-0.1, -0.05) is 35.9 Å². The average molecular weight is 289 g/mol. The summed E-state index contributed by atoms with van der Waals surface area (Å²) in [6.45, 7) is 0. The third-order valence-electron chi connectivity index (χ3n) is 3.78. The second-order valence-corrected chi connectivity index (χ2v) is 5.57. The summed E-state index contributed by atoms with van der Waals surface area (Å²) in [6, 6.07) is 10.6. The molecule has 3 heteroatoms. The van der Waals surface area contributed by atoms with E-state index in [1.165, 1.54) is 29.7 Å². The van der Waals surface area contributed by atoms with Crippen LogP contribution in [-0.2, 0) is 19.3 Å². The van der Waals surface area contributed by atoms with Crippen LogP contribution in [0.5, 0.6) is 0 Å². The summed E-state index contributed by atoms with van der Waals surface area (Å²) in [5.41, 5.74) is 3.70. The number of fused-ring (bicyclic) bond motifs is 1. The Morgan fingerprint density at radius 1 is 1.15 bits per heavy atom. The van der Waals surface area contributed by atoms with E-state index >= 15 is 0 Å². The van der Waals surface area contributed by atoms with Crippen LogP contribution >= 0.6 is 11.6 Å². The first-order valence-corrected chi connectivity index (χ1v) is 7.11. The van der Waals surface area contributed by atoms with Crippen molar-refractivity contribution in [3.05, 3.63) is 69.5 Å². The fourth-order valence-corrected chi connectivity index (χ4v) is 2.91. The van der Waals surface area contributed by atoms with E-state index in [4.69, 9.17) is 11.6 Å². The molecule has 3 rings (SSSR count). The maximum atomic E-state index is 13.8. The van der Waals surface area contributed by atoms with Crippen molar-refractivity contribution in [3.8, 4) is 0 Å². The second kappa shape index (κ2) is 5.37. The molecule has 0 unspecified atom stereocenters. The zero-order chi connectivity index (χ0) is 14.1. The van der Waals surface area contributed by atoms with Gasteiger partial charge < -0.3 is 0 Å². The van der Waals surface area contributed by atoms with Crippen LogP contribution in [0.4, 0.5) is 4.39 Å². The summed E-state index contributed by atoms with van der Waals surface area (Å²) < 4.78 is 13.8. The normalized spacial score (nSPS) is 13.3. The SMILES string of the molecule is O=C(Cc1ccc2c(c1)CCC2)c1cccc(Cl)c1F. The van der Waals surface area contributed by atoms with E-state index in [1.807, 2.05) is 6.07 Å². The van der Waals surface area contributed by atoms with Crippen molar-refractivity contribution < 1.29 is 9.18 Å². The summed E-state index contributed by atoms with van der Waals surface area (Å²) >= 11 is 5.71. The van der Waals surface area contributed by atoms with Gasteiger partial charge in [0.25, 0.3) is 0 Å². The number of carbonyl (C=O) groups is 1. The Balaban J connectivity index is 1.84. The second-order valence-electron chi connectivity index (χ2n) is 5.16. The molecule has 0 amide bonds. The highest BCUT2D eigenvalue weighted by Crippen LogP contribution is 2.24. The maximum Gasteiger partial charge on any atom is 0.170 e. The topological polar surface area (TPSA) is 17.1 Å². The molecular formula is C17H14ClFO. The Labute approximate surface area is 122 Å². The largest absolute Gasteiger partial charge is 0.294 e. The monoisotopic (exact) mass is 288 g/mol. The molecule has 0 heterocycles. The minimum Gasteiger partial charge on any atom is -0.294 e. The van der Waals surface area contributed by atoms with Crippen molar-refractivity contribution in [3.63, 3.8) is 0 Å². The number of hydrogen-bond acceptors (Lipinski definition) is 1. The molecule has 0 aromatic heterocycles. The fourth-order valence-electron chi connectivity index (χ4n) is 2.73. The molecule has 0 saturated heterocycles. The first-order valence-electron chi connectivity index (χ1n) is 6.73. The molecule has 1 aliphatic rings. The third kappa shape index (κ3) is 2.48. The van der Waals surface area contributed by atoms with Gasteiger partial charge in [0.05, 0.1) is 10.6 Å². The molecule has 0 spiro atoms. The van der Waals surface area contributed by atoms with Gasteiger partial charge >= 0.3 is 0 Å². The summed E-state index contributed by atoms with van der Waals surface area (Å²) in [7, 11) is 0. The fraction of sp³-hybridized carbons (Fsp3) is 0.235. The van der Waals surface area contributed by atoms with Crippen LogP contribution in [0.3, 0.4) is 0 Å². The van der Waals surface area contributed by atoms with Crippen molar-refractivity contribution >= 4 is 17.4 Å². The lowest BCUT2D eigenvalue weighted by molar-refractivity contribution is 0.0989. The van der Waals surface area contributed by atoms with Crippen molar-refractivity contribution in [2.45, 2.75) is 25.7 Å². The minimum absolute atomic E-state index is 0.00944. The molecule has 0 atom stereocenters. The lowest BCUT2D eigenvalue weighted by Crippen LogP contribution is -2.06. The minimum atomic E-state index is -0.625. The van der Waals surface area contributed by atoms with E-state index < -0.39 is 5.82 Å². The van der Waals surface area contributed by atoms with Gasteiger partial charge in [-0.15, -0.1) is 0 Å². The lowest BCUT2D eigenvalue weighted by atomic mass is 9.99. The maximum absolute atomic E-state index is 13.8. The van der Waals surface area contributed by atoms with E-state index in [9.17, 15) is 9.18 Å². The number of hydrogen-bond donors (Lipinski definition) is 0. The van der Waals surface area contributed by atoms with Crippen molar-refractivity contribution in [2.24, 2.45) is 0 Å². The van der Waals surface area contributed by atoms with E-state index in [0.717, 1.165) is 18.4 Å². The molecule has 0 radical (unpaired) electrons. The highest BCUT2D eigenvalue weighted by atomic mass is 35.5. The van der Waals surface area contributed by atoms with Gasteiger partial charge in [-0.25, -0.2) is 4.39 Å². The van der Waals surface area contributed by atoms with Gasteiger partial charge in [-0.2, -0.15) is 0 Å². The molecule has 0 aliphatic heterocycles. The van der Waals surface area contributed by atoms with Crippen molar-refractivity contribution in [1.29, 1.82) is 0 Å². The van der Waals surface area contributed by atoms with E-state index in [1.54, 1.807) is 6.07 Å². The summed E-state index contributed by atoms with van der Waals surface area (Å²) in [5, 5.41) is -0.00944. The molecule has 102 valence electrons. The highest BCUT2D eigenvalue weighted by molar-refractivity contribution is 6.31. The summed E-state index contributed by atoms with van der Waals surface area (Å²) in [5.74, 6) is -0.858. The van der Waals surface area contributed by atoms with Crippen LogP contribution in [0, 0.1) is 5.82 Å². The highest BCUT2D eigenvalue weighted by Gasteiger charge is 2.16. The molecule has 0 fully saturated rings. The van der Waals surface area contributed by atoms with E-state index in [2.05, 4.69) is 12.1 Å². The molecule has 20 heavy (non-hydrogen) atoms. The van der Waals surface area contributed by atoms with Crippen LogP contribution in [-0.4, -0.2) is 5.78 Å². The quantitative estimate of drug-likeness (QED) is 0.766. The van der Waals surface area contributed by atoms with Gasteiger partial charge in [-0.3, -0.25) is 4.79 Å². The number of benzene rings is 2. The van der Waals surface area contributed by atoms with Crippen LogP contribution in [0.2, 0.25) is 5.02 Å². The predicted octanol–water partition coefficient (Wildman–Crippen LogP) is 4.39. The van der Waals surface area contributed by atoms with Gasteiger partial charge in [0.1, 0.15) is 0 Å².